The number of hydrazone groups is 1. The van der Waals surface area contributed by atoms with Gasteiger partial charge in [-0.15, -0.1) is 0 Å². The summed E-state index contributed by atoms with van der Waals surface area (Å²) in [5.74, 6) is 0.0465. The van der Waals surface area contributed by atoms with Crippen molar-refractivity contribution >= 4 is 34.8 Å². The fraction of sp³-hybridized carbons (Fsp3) is 0.174. The molecule has 31 heavy (non-hydrogen) atoms. The first-order valence-electron chi connectivity index (χ1n) is 9.55. The van der Waals surface area contributed by atoms with Gasteiger partial charge in [-0.1, -0.05) is 23.7 Å². The zero-order valence-electron chi connectivity index (χ0n) is 17.3. The quantitative estimate of drug-likeness (QED) is 0.408. The van der Waals surface area contributed by atoms with Crippen LogP contribution in [-0.4, -0.2) is 23.6 Å². The standard InChI is InChI=1S/C23H22ClN3O4/c1-14-12-18(24)9-10-20(14)31-16(3)22(28)27-26-15(2)17-6-4-7-19(13-17)25-23(29)21-8-5-11-30-21/h4-13,16H,1-3H3,(H,25,29)(H,27,28)/b26-15+. The van der Waals surface area contributed by atoms with Crippen molar-refractivity contribution in [3.05, 3.63) is 82.8 Å². The van der Waals surface area contributed by atoms with E-state index in [9.17, 15) is 9.59 Å². The van der Waals surface area contributed by atoms with Gasteiger partial charge in [0.25, 0.3) is 11.8 Å². The highest BCUT2D eigenvalue weighted by Crippen LogP contribution is 2.22. The summed E-state index contributed by atoms with van der Waals surface area (Å²) in [5.41, 5.74) is 5.22. The normalized spacial score (nSPS) is 12.2. The van der Waals surface area contributed by atoms with Crippen molar-refractivity contribution in [3.63, 3.8) is 0 Å². The van der Waals surface area contributed by atoms with Gasteiger partial charge in [0.15, 0.2) is 11.9 Å². The minimum atomic E-state index is -0.754. The van der Waals surface area contributed by atoms with Gasteiger partial charge in [0.2, 0.25) is 0 Å². The first-order valence-corrected chi connectivity index (χ1v) is 9.93. The SMILES string of the molecule is C/C(=N\NC(=O)C(C)Oc1ccc(Cl)cc1C)c1cccc(NC(=O)c2ccco2)c1. The molecule has 2 aromatic carbocycles. The molecular formula is C23H22ClN3O4. The van der Waals surface area contributed by atoms with Gasteiger partial charge in [-0.25, -0.2) is 5.43 Å². The van der Waals surface area contributed by atoms with E-state index in [1.165, 1.54) is 6.26 Å². The Morgan fingerprint density at radius 2 is 1.94 bits per heavy atom. The zero-order chi connectivity index (χ0) is 22.4. The Morgan fingerprint density at radius 1 is 1.13 bits per heavy atom. The first kappa shape index (κ1) is 22.1. The second-order valence-electron chi connectivity index (χ2n) is 6.86. The molecule has 0 spiro atoms. The molecular weight excluding hydrogens is 418 g/mol. The summed E-state index contributed by atoms with van der Waals surface area (Å²) in [6.07, 6.45) is 0.680. The smallest absolute Gasteiger partial charge is 0.291 e. The van der Waals surface area contributed by atoms with E-state index in [0.29, 0.717) is 22.2 Å². The molecule has 7 nitrogen and oxygen atoms in total. The summed E-state index contributed by atoms with van der Waals surface area (Å²) in [6, 6.07) is 15.5. The van der Waals surface area contributed by atoms with Gasteiger partial charge in [0.1, 0.15) is 5.75 Å². The van der Waals surface area contributed by atoms with Gasteiger partial charge in [0, 0.05) is 10.7 Å². The number of nitrogens with one attached hydrogen (secondary N) is 2. The fourth-order valence-electron chi connectivity index (χ4n) is 2.71. The third-order valence-electron chi connectivity index (χ3n) is 4.43. The van der Waals surface area contributed by atoms with Gasteiger partial charge in [-0.05, 0) is 74.4 Å². The number of hydrogen-bond acceptors (Lipinski definition) is 5. The number of rotatable bonds is 7. The average molecular weight is 440 g/mol. The average Bonchev–Trinajstić information content (AvgIpc) is 3.29. The molecule has 1 heterocycles. The maximum absolute atomic E-state index is 12.4. The predicted octanol–water partition coefficient (Wildman–Crippen LogP) is 4.80. The van der Waals surface area contributed by atoms with Crippen LogP contribution < -0.4 is 15.5 Å². The Balaban J connectivity index is 1.61. The number of carbonyl (C=O) groups excluding carboxylic acids is 2. The number of anilines is 1. The lowest BCUT2D eigenvalue weighted by atomic mass is 10.1. The maximum Gasteiger partial charge on any atom is 0.291 e. The highest BCUT2D eigenvalue weighted by Gasteiger charge is 2.16. The van der Waals surface area contributed by atoms with Gasteiger partial charge < -0.3 is 14.5 Å². The van der Waals surface area contributed by atoms with Gasteiger partial charge in [0.05, 0.1) is 12.0 Å². The Morgan fingerprint density at radius 3 is 2.65 bits per heavy atom. The number of benzene rings is 2. The predicted molar refractivity (Wildman–Crippen MR) is 120 cm³/mol. The molecule has 0 bridgehead atoms. The van der Waals surface area contributed by atoms with E-state index in [2.05, 4.69) is 15.8 Å². The van der Waals surface area contributed by atoms with Crippen molar-refractivity contribution in [1.29, 1.82) is 0 Å². The van der Waals surface area contributed by atoms with Crippen LogP contribution in [0.4, 0.5) is 5.69 Å². The second kappa shape index (κ2) is 9.95. The first-order chi connectivity index (χ1) is 14.8. The summed E-state index contributed by atoms with van der Waals surface area (Å²) in [6.45, 7) is 5.24. The summed E-state index contributed by atoms with van der Waals surface area (Å²) in [7, 11) is 0. The lowest BCUT2D eigenvalue weighted by molar-refractivity contribution is -0.127. The van der Waals surface area contributed by atoms with Crippen molar-refractivity contribution in [3.8, 4) is 5.75 Å². The number of amides is 2. The van der Waals surface area contributed by atoms with Gasteiger partial charge in [-0.3, -0.25) is 9.59 Å². The minimum Gasteiger partial charge on any atom is -0.481 e. The monoisotopic (exact) mass is 439 g/mol. The number of furan rings is 1. The van der Waals surface area contributed by atoms with Crippen molar-refractivity contribution in [2.24, 2.45) is 5.10 Å². The maximum atomic E-state index is 12.4. The molecule has 1 atom stereocenters. The third-order valence-corrected chi connectivity index (χ3v) is 4.66. The van der Waals surface area contributed by atoms with Crippen LogP contribution in [0.25, 0.3) is 0 Å². The van der Waals surface area contributed by atoms with Crippen LogP contribution in [0.15, 0.2) is 70.4 Å². The molecule has 1 aromatic heterocycles. The molecule has 160 valence electrons. The number of hydrogen-bond donors (Lipinski definition) is 2. The largest absolute Gasteiger partial charge is 0.481 e. The van der Waals surface area contributed by atoms with Crippen LogP contribution in [-0.2, 0) is 4.79 Å². The summed E-state index contributed by atoms with van der Waals surface area (Å²) < 4.78 is 10.8. The van der Waals surface area contributed by atoms with Crippen LogP contribution in [0.5, 0.6) is 5.75 Å². The third kappa shape index (κ3) is 5.96. The highest BCUT2D eigenvalue weighted by atomic mass is 35.5. The lowest BCUT2D eigenvalue weighted by Gasteiger charge is -2.15. The molecule has 0 aliphatic carbocycles. The van der Waals surface area contributed by atoms with Crippen molar-refractivity contribution in [2.75, 3.05) is 5.32 Å². The summed E-state index contributed by atoms with van der Waals surface area (Å²) in [4.78, 5) is 24.5. The van der Waals surface area contributed by atoms with E-state index >= 15 is 0 Å². The van der Waals surface area contributed by atoms with Crippen molar-refractivity contribution < 1.29 is 18.7 Å². The van der Waals surface area contributed by atoms with E-state index < -0.39 is 12.0 Å². The molecule has 2 amide bonds. The van der Waals surface area contributed by atoms with E-state index in [-0.39, 0.29) is 11.7 Å². The van der Waals surface area contributed by atoms with Crippen molar-refractivity contribution in [2.45, 2.75) is 26.9 Å². The summed E-state index contributed by atoms with van der Waals surface area (Å²) in [5, 5.41) is 7.50. The summed E-state index contributed by atoms with van der Waals surface area (Å²) >= 11 is 5.94. The number of nitrogens with zero attached hydrogens (tertiary/aromatic N) is 1. The Labute approximate surface area is 185 Å². The van der Waals surface area contributed by atoms with Crippen LogP contribution in [0.1, 0.15) is 35.5 Å². The number of aryl methyl sites for hydroxylation is 1. The topological polar surface area (TPSA) is 92.9 Å². The number of carbonyl (C=O) groups is 2. The molecule has 1 unspecified atom stereocenters. The van der Waals surface area contributed by atoms with E-state index in [4.69, 9.17) is 20.8 Å². The number of halogens is 1. The fourth-order valence-corrected chi connectivity index (χ4v) is 2.93. The van der Waals surface area contributed by atoms with Gasteiger partial charge >= 0.3 is 0 Å². The molecule has 8 heteroatoms. The van der Waals surface area contributed by atoms with Crippen LogP contribution in [0.2, 0.25) is 5.02 Å². The Bertz CT molecular complexity index is 1110. The molecule has 0 saturated heterocycles. The van der Waals surface area contributed by atoms with Crippen molar-refractivity contribution in [1.82, 2.24) is 5.43 Å². The van der Waals surface area contributed by atoms with E-state index in [1.54, 1.807) is 62.4 Å². The Hall–Kier alpha value is -3.58. The zero-order valence-corrected chi connectivity index (χ0v) is 18.1. The van der Waals surface area contributed by atoms with E-state index in [1.807, 2.05) is 13.0 Å². The molecule has 0 radical (unpaired) electrons. The highest BCUT2D eigenvalue weighted by molar-refractivity contribution is 6.30. The Kier molecular flexibility index (Phi) is 7.10. The number of ether oxygens (including phenoxy) is 1. The minimum absolute atomic E-state index is 0.216. The molecule has 0 fully saturated rings. The second-order valence-corrected chi connectivity index (χ2v) is 7.29. The molecule has 0 aliphatic rings. The van der Waals surface area contributed by atoms with E-state index in [0.717, 1.165) is 11.1 Å². The van der Waals surface area contributed by atoms with Crippen LogP contribution in [0.3, 0.4) is 0 Å². The molecule has 0 saturated carbocycles. The molecule has 2 N–H and O–H groups in total. The van der Waals surface area contributed by atoms with Crippen LogP contribution in [0, 0.1) is 6.92 Å². The van der Waals surface area contributed by atoms with Gasteiger partial charge in [-0.2, -0.15) is 5.10 Å². The molecule has 3 rings (SSSR count). The molecule has 3 aromatic rings. The van der Waals surface area contributed by atoms with Crippen LogP contribution >= 0.6 is 11.6 Å². The molecule has 0 aliphatic heterocycles. The lowest BCUT2D eigenvalue weighted by Crippen LogP contribution is -2.34.